The Kier molecular flexibility index (Phi) is 5.63. The number of nitrogens with two attached hydrogens (primary N) is 1. The third kappa shape index (κ3) is 2.94. The molecule has 0 saturated carbocycles. The van der Waals surface area contributed by atoms with Crippen LogP contribution in [-0.2, 0) is 15.1 Å². The lowest BCUT2D eigenvalue weighted by atomic mass is 9.90. The Labute approximate surface area is 109 Å². The van der Waals surface area contributed by atoms with Crippen LogP contribution in [0.15, 0.2) is 30.3 Å². The molecular weight excluding hydrogens is 271 g/mol. The van der Waals surface area contributed by atoms with Gasteiger partial charge >= 0.3 is 12.1 Å². The Balaban J connectivity index is 0.00000289. The first-order chi connectivity index (χ1) is 7.84. The summed E-state index contributed by atoms with van der Waals surface area (Å²) in [6, 6.07) is 6.57. The van der Waals surface area contributed by atoms with Crippen molar-refractivity contribution >= 4 is 18.4 Å². The molecule has 0 aliphatic carbocycles. The molecule has 1 aromatic rings. The summed E-state index contributed by atoms with van der Waals surface area (Å²) in [6.45, 7) is 1.25. The van der Waals surface area contributed by atoms with E-state index in [1.54, 1.807) is 0 Å². The second-order valence-corrected chi connectivity index (χ2v) is 3.39. The number of ether oxygens (including phenoxy) is 1. The van der Waals surface area contributed by atoms with E-state index in [4.69, 9.17) is 5.73 Å². The molecule has 1 atom stereocenters. The summed E-state index contributed by atoms with van der Waals surface area (Å²) in [5.41, 5.74) is 1.76. The van der Waals surface area contributed by atoms with Crippen LogP contribution < -0.4 is 5.73 Å². The molecule has 0 fully saturated rings. The largest absolute Gasteiger partial charge is 0.464 e. The third-order valence-electron chi connectivity index (χ3n) is 2.27. The lowest BCUT2D eigenvalue weighted by molar-refractivity contribution is -0.208. The van der Waals surface area contributed by atoms with Crippen molar-refractivity contribution in [2.75, 3.05) is 6.61 Å². The number of carbonyl (C=O) groups excluding carboxylic acids is 1. The highest BCUT2D eigenvalue weighted by atomic mass is 35.5. The number of halogens is 4. The maximum atomic E-state index is 12.9. The van der Waals surface area contributed by atoms with Crippen LogP contribution in [0.4, 0.5) is 13.2 Å². The van der Waals surface area contributed by atoms with Gasteiger partial charge < -0.3 is 10.5 Å². The van der Waals surface area contributed by atoms with Crippen molar-refractivity contribution in [3.05, 3.63) is 35.9 Å². The minimum absolute atomic E-state index is 0. The Morgan fingerprint density at radius 3 is 2.17 bits per heavy atom. The predicted octanol–water partition coefficient (Wildman–Crippen LogP) is 2.39. The van der Waals surface area contributed by atoms with Crippen LogP contribution in [0.2, 0.25) is 0 Å². The van der Waals surface area contributed by atoms with Crippen molar-refractivity contribution in [3.8, 4) is 0 Å². The summed E-state index contributed by atoms with van der Waals surface area (Å²) in [6.07, 6.45) is -4.92. The second-order valence-electron chi connectivity index (χ2n) is 3.39. The summed E-state index contributed by atoms with van der Waals surface area (Å²) < 4.78 is 43.2. The molecule has 2 N–H and O–H groups in total. The Hall–Kier alpha value is -1.27. The van der Waals surface area contributed by atoms with Gasteiger partial charge in [0.15, 0.2) is 0 Å². The van der Waals surface area contributed by atoms with E-state index < -0.39 is 17.7 Å². The van der Waals surface area contributed by atoms with Gasteiger partial charge in [0.05, 0.1) is 6.61 Å². The van der Waals surface area contributed by atoms with Gasteiger partial charge in [0.25, 0.3) is 0 Å². The fourth-order valence-electron chi connectivity index (χ4n) is 1.34. The second kappa shape index (κ2) is 6.06. The summed E-state index contributed by atoms with van der Waals surface area (Å²) in [5, 5.41) is 0. The van der Waals surface area contributed by atoms with E-state index >= 15 is 0 Å². The summed E-state index contributed by atoms with van der Waals surface area (Å²) in [5.74, 6) is -1.50. The molecular formula is C11H13ClF3NO2. The summed E-state index contributed by atoms with van der Waals surface area (Å²) >= 11 is 0. The molecule has 18 heavy (non-hydrogen) atoms. The van der Waals surface area contributed by atoms with Crippen molar-refractivity contribution in [2.24, 2.45) is 5.73 Å². The van der Waals surface area contributed by atoms with Crippen LogP contribution in [0.5, 0.6) is 0 Å². The SMILES string of the molecule is CCOC(=O)C(N)(c1ccccc1)C(F)(F)F.Cl. The van der Waals surface area contributed by atoms with E-state index in [-0.39, 0.29) is 24.6 Å². The van der Waals surface area contributed by atoms with Gasteiger partial charge in [0.1, 0.15) is 0 Å². The molecule has 7 heteroatoms. The van der Waals surface area contributed by atoms with E-state index in [0.717, 1.165) is 12.1 Å². The Morgan fingerprint density at radius 2 is 1.78 bits per heavy atom. The van der Waals surface area contributed by atoms with E-state index in [2.05, 4.69) is 4.74 Å². The molecule has 1 aromatic carbocycles. The monoisotopic (exact) mass is 283 g/mol. The predicted molar refractivity (Wildman–Crippen MR) is 62.2 cm³/mol. The smallest absolute Gasteiger partial charge is 0.421 e. The first-order valence-electron chi connectivity index (χ1n) is 4.92. The normalized spacial score (nSPS) is 14.3. The van der Waals surface area contributed by atoms with Crippen LogP contribution in [0.25, 0.3) is 0 Å². The summed E-state index contributed by atoms with van der Waals surface area (Å²) in [7, 11) is 0. The highest BCUT2D eigenvalue weighted by molar-refractivity contribution is 5.85. The molecule has 0 spiro atoms. The van der Waals surface area contributed by atoms with Gasteiger partial charge in [-0.2, -0.15) is 13.2 Å². The molecule has 0 saturated heterocycles. The highest BCUT2D eigenvalue weighted by Gasteiger charge is 2.60. The topological polar surface area (TPSA) is 52.3 Å². The van der Waals surface area contributed by atoms with Gasteiger partial charge in [0.2, 0.25) is 5.54 Å². The van der Waals surface area contributed by atoms with Crippen LogP contribution in [-0.4, -0.2) is 18.8 Å². The average molecular weight is 284 g/mol. The first-order valence-corrected chi connectivity index (χ1v) is 4.92. The lowest BCUT2D eigenvalue weighted by Gasteiger charge is -2.29. The molecule has 0 radical (unpaired) electrons. The minimum Gasteiger partial charge on any atom is -0.464 e. The maximum Gasteiger partial charge on any atom is 0.421 e. The number of esters is 1. The minimum atomic E-state index is -4.92. The molecule has 0 heterocycles. The van der Waals surface area contributed by atoms with Gasteiger partial charge in [0, 0.05) is 0 Å². The highest BCUT2D eigenvalue weighted by Crippen LogP contribution is 2.37. The van der Waals surface area contributed by atoms with Gasteiger partial charge in [-0.1, -0.05) is 30.3 Å². The standard InChI is InChI=1S/C11H12F3NO2.ClH/c1-2-17-9(16)10(15,11(12,13)14)8-6-4-3-5-7-8;/h3-7H,2,15H2,1H3;1H. The zero-order valence-electron chi connectivity index (χ0n) is 9.53. The third-order valence-corrected chi connectivity index (χ3v) is 2.27. The number of benzene rings is 1. The van der Waals surface area contributed by atoms with E-state index in [1.807, 2.05) is 0 Å². The van der Waals surface area contributed by atoms with E-state index in [1.165, 1.54) is 25.1 Å². The molecule has 0 aromatic heterocycles. The zero-order chi connectivity index (χ0) is 13.1. The Morgan fingerprint density at radius 1 is 1.28 bits per heavy atom. The molecule has 0 aliphatic rings. The number of rotatable bonds is 3. The van der Waals surface area contributed by atoms with Gasteiger partial charge in [-0.3, -0.25) is 0 Å². The quantitative estimate of drug-likeness (QED) is 0.867. The van der Waals surface area contributed by atoms with Crippen LogP contribution in [0.3, 0.4) is 0 Å². The fourth-order valence-corrected chi connectivity index (χ4v) is 1.34. The molecule has 0 bridgehead atoms. The number of hydrogen-bond donors (Lipinski definition) is 1. The van der Waals surface area contributed by atoms with Crippen molar-refractivity contribution in [1.82, 2.24) is 0 Å². The molecule has 3 nitrogen and oxygen atoms in total. The van der Waals surface area contributed by atoms with E-state index in [0.29, 0.717) is 0 Å². The number of alkyl halides is 3. The van der Waals surface area contributed by atoms with E-state index in [9.17, 15) is 18.0 Å². The number of carbonyl (C=O) groups is 1. The molecule has 102 valence electrons. The van der Waals surface area contributed by atoms with Gasteiger partial charge in [-0.05, 0) is 12.5 Å². The van der Waals surface area contributed by atoms with Crippen LogP contribution in [0.1, 0.15) is 12.5 Å². The average Bonchev–Trinajstić information content (AvgIpc) is 2.28. The molecule has 1 unspecified atom stereocenters. The van der Waals surface area contributed by atoms with Gasteiger partial charge in [-0.15, -0.1) is 12.4 Å². The maximum absolute atomic E-state index is 12.9. The molecule has 0 aliphatic heterocycles. The van der Waals surface area contributed by atoms with Crippen molar-refractivity contribution in [1.29, 1.82) is 0 Å². The van der Waals surface area contributed by atoms with Gasteiger partial charge in [-0.25, -0.2) is 4.79 Å². The molecule has 0 amide bonds. The first kappa shape index (κ1) is 16.7. The number of hydrogen-bond acceptors (Lipinski definition) is 3. The van der Waals surface area contributed by atoms with Crippen molar-refractivity contribution < 1.29 is 22.7 Å². The lowest BCUT2D eigenvalue weighted by Crippen LogP contribution is -2.57. The van der Waals surface area contributed by atoms with Crippen LogP contribution >= 0.6 is 12.4 Å². The Bertz CT molecular complexity index is 397. The van der Waals surface area contributed by atoms with Crippen LogP contribution in [0, 0.1) is 0 Å². The molecule has 1 rings (SSSR count). The summed E-state index contributed by atoms with van der Waals surface area (Å²) in [4.78, 5) is 11.4. The fraction of sp³-hybridized carbons (Fsp3) is 0.364. The zero-order valence-corrected chi connectivity index (χ0v) is 10.3. The van der Waals surface area contributed by atoms with Crippen molar-refractivity contribution in [3.63, 3.8) is 0 Å². The van der Waals surface area contributed by atoms with Crippen molar-refractivity contribution in [2.45, 2.75) is 18.6 Å².